The molecule has 7 heteroatoms. The minimum absolute atomic E-state index is 0.127. The quantitative estimate of drug-likeness (QED) is 0.473. The molecule has 1 N–H and O–H groups in total. The first kappa shape index (κ1) is 19.2. The van der Waals surface area contributed by atoms with Crippen molar-refractivity contribution in [3.8, 4) is 22.5 Å². The smallest absolute Gasteiger partial charge is 0.135 e. The fourth-order valence-corrected chi connectivity index (χ4v) is 5.98. The number of rotatable bonds is 3. The van der Waals surface area contributed by atoms with Crippen molar-refractivity contribution in [2.45, 2.75) is 38.0 Å². The first-order valence-electron chi connectivity index (χ1n) is 10.7. The van der Waals surface area contributed by atoms with Gasteiger partial charge in [-0.05, 0) is 60.1 Å². The van der Waals surface area contributed by atoms with Gasteiger partial charge in [0.05, 0.1) is 40.0 Å². The molecule has 0 spiro atoms. The average Bonchev–Trinajstić information content (AvgIpc) is 3.45. The molecule has 3 heterocycles. The van der Waals surface area contributed by atoms with E-state index < -0.39 is 17.0 Å². The third-order valence-electron chi connectivity index (χ3n) is 7.58. The summed E-state index contributed by atoms with van der Waals surface area (Å²) in [5.74, 6) is -1.06. The van der Waals surface area contributed by atoms with Crippen molar-refractivity contribution in [3.63, 3.8) is 0 Å². The number of aromatic amines is 1. The largest absolute Gasteiger partial charge is 0.285 e. The minimum atomic E-state index is -0.633. The van der Waals surface area contributed by atoms with E-state index in [1.54, 1.807) is 6.20 Å². The number of fused-ring (bicyclic) bond motifs is 5. The lowest BCUT2D eigenvalue weighted by Gasteiger charge is -2.37. The van der Waals surface area contributed by atoms with Crippen LogP contribution < -0.4 is 0 Å². The zero-order chi connectivity index (χ0) is 22.1. The lowest BCUT2D eigenvalue weighted by molar-refractivity contribution is 0.243. The molecule has 2 atom stereocenters. The second-order valence-corrected chi connectivity index (χ2v) is 9.24. The Hall–Kier alpha value is -3.48. The van der Waals surface area contributed by atoms with E-state index in [9.17, 15) is 8.78 Å². The van der Waals surface area contributed by atoms with E-state index >= 15 is 0 Å². The Bertz CT molecular complexity index is 1330. The van der Waals surface area contributed by atoms with E-state index in [1.165, 1.54) is 18.2 Å². The molecule has 0 amide bonds. The van der Waals surface area contributed by atoms with Gasteiger partial charge in [0.15, 0.2) is 0 Å². The summed E-state index contributed by atoms with van der Waals surface area (Å²) in [5, 5.41) is 15.8. The van der Waals surface area contributed by atoms with Crippen LogP contribution in [0.25, 0.3) is 22.5 Å². The maximum atomic E-state index is 14.4. The number of hydrogen-bond donors (Lipinski definition) is 1. The number of aromatic nitrogens is 5. The molecule has 5 nitrogen and oxygen atoms in total. The van der Waals surface area contributed by atoms with Crippen molar-refractivity contribution in [3.05, 3.63) is 83.4 Å². The molecular formula is C25H21F2N5. The summed E-state index contributed by atoms with van der Waals surface area (Å²) in [4.78, 5) is 5.02. The van der Waals surface area contributed by atoms with E-state index in [0.29, 0.717) is 0 Å². The molecule has 1 aromatic carbocycles. The molecule has 3 aromatic heterocycles. The van der Waals surface area contributed by atoms with Crippen molar-refractivity contribution in [2.24, 2.45) is 5.41 Å². The Kier molecular flexibility index (Phi) is 3.91. The van der Waals surface area contributed by atoms with Crippen LogP contribution in [0.15, 0.2) is 54.9 Å². The van der Waals surface area contributed by atoms with Crippen LogP contribution in [0.1, 0.15) is 49.6 Å². The molecule has 4 aromatic rings. The lowest BCUT2D eigenvalue weighted by atomic mass is 9.66. The zero-order valence-corrected chi connectivity index (χ0v) is 17.7. The Labute approximate surface area is 184 Å². The van der Waals surface area contributed by atoms with Crippen LogP contribution in [0.3, 0.4) is 0 Å². The third kappa shape index (κ3) is 2.36. The summed E-state index contributed by atoms with van der Waals surface area (Å²) < 4.78 is 28.8. The minimum Gasteiger partial charge on any atom is -0.285 e. The molecule has 0 saturated heterocycles. The summed E-state index contributed by atoms with van der Waals surface area (Å²) in [5.41, 5.74) is 4.13. The predicted molar refractivity (Wildman–Crippen MR) is 116 cm³/mol. The van der Waals surface area contributed by atoms with Crippen molar-refractivity contribution >= 4 is 0 Å². The summed E-state index contributed by atoms with van der Waals surface area (Å²) >= 11 is 0. The standard InChI is InChI=1S/C25H21F2N5/c1-24(2)16-9-10-25(24,21-8-4-7-19(30-21)14-12-28-29-13-14)23-15(16)11-20(31-32-23)22-17(26)5-3-6-18(22)27/h3-8,11-13,16H,9-10H2,1-2H3,(H,28,29)/t16-,25+/m0/s1. The van der Waals surface area contributed by atoms with Crippen LogP contribution >= 0.6 is 0 Å². The van der Waals surface area contributed by atoms with E-state index in [0.717, 1.165) is 41.1 Å². The van der Waals surface area contributed by atoms with Crippen molar-refractivity contribution in [1.29, 1.82) is 0 Å². The van der Waals surface area contributed by atoms with Gasteiger partial charge in [0.25, 0.3) is 0 Å². The molecule has 2 aliphatic carbocycles. The Morgan fingerprint density at radius 3 is 2.53 bits per heavy atom. The highest BCUT2D eigenvalue weighted by Crippen LogP contribution is 2.69. The summed E-state index contributed by atoms with van der Waals surface area (Å²) in [7, 11) is 0. The van der Waals surface area contributed by atoms with Gasteiger partial charge in [0, 0.05) is 11.8 Å². The number of nitrogens with zero attached hydrogens (tertiary/aromatic N) is 4. The fraction of sp³-hybridized carbons (Fsp3) is 0.280. The molecule has 0 radical (unpaired) electrons. The third-order valence-corrected chi connectivity index (χ3v) is 7.58. The van der Waals surface area contributed by atoms with Crippen LogP contribution in [0.5, 0.6) is 0 Å². The van der Waals surface area contributed by atoms with Crippen LogP contribution in [-0.4, -0.2) is 25.4 Å². The molecular weight excluding hydrogens is 408 g/mol. The molecule has 2 aliphatic rings. The predicted octanol–water partition coefficient (Wildman–Crippen LogP) is 5.41. The SMILES string of the molecule is CC1(C)[C@H]2CC[C@@]1(c1cccc(-c3cn[nH]c3)n1)c1nnc(-c3c(F)cccc3F)cc12. The second kappa shape index (κ2) is 6.51. The van der Waals surface area contributed by atoms with Gasteiger partial charge in [-0.25, -0.2) is 8.78 Å². The maximum Gasteiger partial charge on any atom is 0.135 e. The number of H-pyrrole nitrogens is 1. The summed E-state index contributed by atoms with van der Waals surface area (Å²) in [6.07, 6.45) is 5.44. The molecule has 1 fully saturated rings. The fourth-order valence-electron chi connectivity index (χ4n) is 5.98. The molecule has 160 valence electrons. The van der Waals surface area contributed by atoms with E-state index in [2.05, 4.69) is 40.3 Å². The topological polar surface area (TPSA) is 67.3 Å². The normalized spacial score (nSPS) is 22.8. The lowest BCUT2D eigenvalue weighted by Crippen LogP contribution is -2.37. The average molecular weight is 429 g/mol. The summed E-state index contributed by atoms with van der Waals surface area (Å²) in [6, 6.07) is 11.7. The van der Waals surface area contributed by atoms with E-state index in [1.807, 2.05) is 24.4 Å². The highest BCUT2D eigenvalue weighted by Gasteiger charge is 2.65. The van der Waals surface area contributed by atoms with Gasteiger partial charge >= 0.3 is 0 Å². The van der Waals surface area contributed by atoms with Gasteiger partial charge in [-0.15, -0.1) is 5.10 Å². The number of pyridine rings is 1. The van der Waals surface area contributed by atoms with Gasteiger partial charge in [-0.1, -0.05) is 26.0 Å². The van der Waals surface area contributed by atoms with Gasteiger partial charge in [-0.3, -0.25) is 10.1 Å². The highest BCUT2D eigenvalue weighted by atomic mass is 19.1. The van der Waals surface area contributed by atoms with Gasteiger partial charge in [0.1, 0.15) is 11.6 Å². The molecule has 0 unspecified atom stereocenters. The van der Waals surface area contributed by atoms with Gasteiger partial charge in [-0.2, -0.15) is 10.2 Å². The molecule has 2 bridgehead atoms. The first-order valence-corrected chi connectivity index (χ1v) is 10.7. The number of benzene rings is 1. The number of halogens is 2. The van der Waals surface area contributed by atoms with Crippen molar-refractivity contribution < 1.29 is 8.78 Å². The van der Waals surface area contributed by atoms with Crippen LogP contribution in [0.4, 0.5) is 8.78 Å². The van der Waals surface area contributed by atoms with E-state index in [-0.39, 0.29) is 22.6 Å². The van der Waals surface area contributed by atoms with Gasteiger partial charge in [0.2, 0.25) is 0 Å². The second-order valence-electron chi connectivity index (χ2n) is 9.24. The Balaban J connectivity index is 1.54. The number of hydrogen-bond acceptors (Lipinski definition) is 4. The van der Waals surface area contributed by atoms with Gasteiger partial charge < -0.3 is 0 Å². The van der Waals surface area contributed by atoms with Crippen LogP contribution in [-0.2, 0) is 5.41 Å². The Morgan fingerprint density at radius 2 is 1.78 bits per heavy atom. The highest BCUT2D eigenvalue weighted by molar-refractivity contribution is 5.64. The summed E-state index contributed by atoms with van der Waals surface area (Å²) in [6.45, 7) is 4.48. The van der Waals surface area contributed by atoms with Crippen molar-refractivity contribution in [2.75, 3.05) is 0 Å². The molecule has 1 saturated carbocycles. The zero-order valence-electron chi connectivity index (χ0n) is 17.7. The monoisotopic (exact) mass is 429 g/mol. The van der Waals surface area contributed by atoms with Crippen molar-refractivity contribution in [1.82, 2.24) is 25.4 Å². The van der Waals surface area contributed by atoms with Crippen LogP contribution in [0.2, 0.25) is 0 Å². The van der Waals surface area contributed by atoms with Crippen LogP contribution in [0, 0.1) is 17.0 Å². The Morgan fingerprint density at radius 1 is 1.00 bits per heavy atom. The molecule has 0 aliphatic heterocycles. The van der Waals surface area contributed by atoms with E-state index in [4.69, 9.17) is 4.98 Å². The maximum absolute atomic E-state index is 14.4. The first-order chi connectivity index (χ1) is 15.4. The molecule has 6 rings (SSSR count). The molecule has 32 heavy (non-hydrogen) atoms. The number of nitrogens with one attached hydrogen (secondary N) is 1.